The van der Waals surface area contributed by atoms with Crippen molar-refractivity contribution in [3.8, 4) is 0 Å². The number of hydrogen-bond donors (Lipinski definition) is 0. The van der Waals surface area contributed by atoms with Crippen LogP contribution in [0.25, 0.3) is 0 Å². The van der Waals surface area contributed by atoms with E-state index in [2.05, 4.69) is 39.8 Å². The van der Waals surface area contributed by atoms with E-state index in [4.69, 9.17) is 4.74 Å². The Labute approximate surface area is 100 Å². The highest BCUT2D eigenvalue weighted by Crippen LogP contribution is 2.66. The number of ether oxygens (including phenoxy) is 1. The van der Waals surface area contributed by atoms with Gasteiger partial charge in [0.15, 0.2) is 0 Å². The molecule has 0 aliphatic heterocycles. The fourth-order valence-electron chi connectivity index (χ4n) is 3.76. The maximum Gasteiger partial charge on any atom is 0.0637 e. The first-order chi connectivity index (χ1) is 7.38. The summed E-state index contributed by atoms with van der Waals surface area (Å²) in [7, 11) is 4.21. The second-order valence-electron chi connectivity index (χ2n) is 6.77. The van der Waals surface area contributed by atoms with Crippen molar-refractivity contribution in [2.45, 2.75) is 46.1 Å². The Bertz CT molecular complexity index is 261. The first kappa shape index (κ1) is 12.4. The average molecular weight is 225 g/mol. The fourth-order valence-corrected chi connectivity index (χ4v) is 3.76. The summed E-state index contributed by atoms with van der Waals surface area (Å²) in [6, 6.07) is 0. The molecule has 2 aliphatic rings. The van der Waals surface area contributed by atoms with Gasteiger partial charge in [0.25, 0.3) is 0 Å². The molecule has 2 nitrogen and oxygen atoms in total. The minimum atomic E-state index is 0.421. The van der Waals surface area contributed by atoms with Crippen LogP contribution in [0.5, 0.6) is 0 Å². The van der Waals surface area contributed by atoms with Crippen LogP contribution in [-0.2, 0) is 4.74 Å². The van der Waals surface area contributed by atoms with E-state index in [1.807, 2.05) is 0 Å². The molecule has 3 atom stereocenters. The Kier molecular flexibility index (Phi) is 3.09. The lowest BCUT2D eigenvalue weighted by Crippen LogP contribution is -2.38. The minimum absolute atomic E-state index is 0.421. The van der Waals surface area contributed by atoms with Gasteiger partial charge < -0.3 is 9.64 Å². The van der Waals surface area contributed by atoms with Crippen molar-refractivity contribution in [3.05, 3.63) is 0 Å². The molecule has 2 heteroatoms. The molecule has 0 amide bonds. The predicted octanol–water partition coefficient (Wildman–Crippen LogP) is 2.78. The highest BCUT2D eigenvalue weighted by Gasteiger charge is 2.61. The van der Waals surface area contributed by atoms with Gasteiger partial charge in [-0.25, -0.2) is 0 Å². The second-order valence-corrected chi connectivity index (χ2v) is 6.77. The summed E-state index contributed by atoms with van der Waals surface area (Å²) in [4.78, 5) is 2.20. The van der Waals surface area contributed by atoms with Crippen LogP contribution in [0.3, 0.4) is 0 Å². The summed E-state index contributed by atoms with van der Waals surface area (Å²) in [5, 5.41) is 0. The quantitative estimate of drug-likeness (QED) is 0.729. The van der Waals surface area contributed by atoms with Crippen LogP contribution in [0.4, 0.5) is 0 Å². The van der Waals surface area contributed by atoms with Crippen LogP contribution in [-0.4, -0.2) is 38.3 Å². The summed E-state index contributed by atoms with van der Waals surface area (Å²) in [5.74, 6) is 0.891. The molecule has 0 saturated heterocycles. The zero-order valence-electron chi connectivity index (χ0n) is 11.5. The Morgan fingerprint density at radius 1 is 1.25 bits per heavy atom. The lowest BCUT2D eigenvalue weighted by Gasteiger charge is -2.39. The van der Waals surface area contributed by atoms with E-state index < -0.39 is 0 Å². The van der Waals surface area contributed by atoms with Gasteiger partial charge in [-0.05, 0) is 50.1 Å². The zero-order chi connectivity index (χ0) is 12.0. The van der Waals surface area contributed by atoms with Crippen LogP contribution in [0.1, 0.15) is 40.0 Å². The van der Waals surface area contributed by atoms with E-state index in [-0.39, 0.29) is 0 Å². The Morgan fingerprint density at radius 3 is 2.38 bits per heavy atom. The number of nitrogens with zero attached hydrogens (tertiary/aromatic N) is 1. The smallest absolute Gasteiger partial charge is 0.0637 e. The lowest BCUT2D eigenvalue weighted by atomic mass is 9.70. The molecule has 0 N–H and O–H groups in total. The normalized spacial score (nSPS) is 40.9. The monoisotopic (exact) mass is 225 g/mol. The number of fused-ring (bicyclic) bond motifs is 2. The first-order valence-electron chi connectivity index (χ1n) is 6.64. The van der Waals surface area contributed by atoms with Gasteiger partial charge in [0.05, 0.1) is 12.7 Å². The third-order valence-electron chi connectivity index (χ3n) is 5.57. The van der Waals surface area contributed by atoms with Crippen molar-refractivity contribution in [2.24, 2.45) is 16.7 Å². The van der Waals surface area contributed by atoms with Crippen LogP contribution in [0.2, 0.25) is 0 Å². The van der Waals surface area contributed by atoms with E-state index in [1.165, 1.54) is 19.3 Å². The Morgan fingerprint density at radius 2 is 1.94 bits per heavy atom. The molecule has 0 spiro atoms. The summed E-state index contributed by atoms with van der Waals surface area (Å²) < 4.78 is 6.14. The molecule has 0 aromatic carbocycles. The van der Waals surface area contributed by atoms with Crippen LogP contribution in [0.15, 0.2) is 0 Å². The molecule has 16 heavy (non-hydrogen) atoms. The molecular weight excluding hydrogens is 198 g/mol. The minimum Gasteiger partial charge on any atom is -0.376 e. The van der Waals surface area contributed by atoms with Crippen molar-refractivity contribution in [2.75, 3.05) is 27.2 Å². The summed E-state index contributed by atoms with van der Waals surface area (Å²) in [6.07, 6.45) is 4.56. The molecule has 94 valence electrons. The highest BCUT2D eigenvalue weighted by molar-refractivity contribution is 5.11. The van der Waals surface area contributed by atoms with E-state index in [1.54, 1.807) is 0 Å². The van der Waals surface area contributed by atoms with Gasteiger partial charge in [0.2, 0.25) is 0 Å². The van der Waals surface area contributed by atoms with Crippen LogP contribution in [0, 0.1) is 16.7 Å². The van der Waals surface area contributed by atoms with Gasteiger partial charge in [0.1, 0.15) is 0 Å². The van der Waals surface area contributed by atoms with E-state index >= 15 is 0 Å². The summed E-state index contributed by atoms with van der Waals surface area (Å²) in [5.41, 5.74) is 0.903. The van der Waals surface area contributed by atoms with Gasteiger partial charge in [-0.3, -0.25) is 0 Å². The molecule has 0 heterocycles. The van der Waals surface area contributed by atoms with Crippen molar-refractivity contribution < 1.29 is 4.74 Å². The maximum absolute atomic E-state index is 6.14. The number of likely N-dealkylation sites (N-methyl/N-ethyl adjacent to an activating group) is 1. The van der Waals surface area contributed by atoms with Gasteiger partial charge in [-0.2, -0.15) is 0 Å². The molecule has 0 aromatic rings. The van der Waals surface area contributed by atoms with E-state index in [0.29, 0.717) is 16.9 Å². The molecule has 2 rings (SSSR count). The van der Waals surface area contributed by atoms with Gasteiger partial charge in [-0.1, -0.05) is 20.8 Å². The molecule has 2 bridgehead atoms. The van der Waals surface area contributed by atoms with Crippen LogP contribution < -0.4 is 0 Å². The molecule has 2 fully saturated rings. The van der Waals surface area contributed by atoms with E-state index in [0.717, 1.165) is 19.1 Å². The molecule has 2 saturated carbocycles. The molecular formula is C14H27NO. The average Bonchev–Trinajstić information content (AvgIpc) is 2.49. The van der Waals surface area contributed by atoms with Crippen molar-refractivity contribution in [1.29, 1.82) is 0 Å². The zero-order valence-corrected chi connectivity index (χ0v) is 11.5. The summed E-state index contributed by atoms with van der Waals surface area (Å²) in [6.45, 7) is 9.26. The standard InChI is InChI=1S/C14H27NO/c1-13(2)11-6-7-14(13,3)12(10-11)16-9-8-15(4)5/h11-12H,6-10H2,1-5H3/t11-,12-,14-/m0/s1. The third-order valence-corrected chi connectivity index (χ3v) is 5.57. The number of rotatable bonds is 4. The first-order valence-corrected chi connectivity index (χ1v) is 6.64. The van der Waals surface area contributed by atoms with Gasteiger partial charge in [0, 0.05) is 6.54 Å². The second kappa shape index (κ2) is 3.99. The van der Waals surface area contributed by atoms with Gasteiger partial charge in [-0.15, -0.1) is 0 Å². The summed E-state index contributed by atoms with van der Waals surface area (Å²) >= 11 is 0. The Hall–Kier alpha value is -0.0800. The fraction of sp³-hybridized carbons (Fsp3) is 1.00. The molecule has 0 aromatic heterocycles. The Balaban J connectivity index is 1.94. The van der Waals surface area contributed by atoms with Crippen LogP contribution >= 0.6 is 0 Å². The third kappa shape index (κ3) is 1.70. The van der Waals surface area contributed by atoms with E-state index in [9.17, 15) is 0 Å². The van der Waals surface area contributed by atoms with Crippen molar-refractivity contribution >= 4 is 0 Å². The highest BCUT2D eigenvalue weighted by atomic mass is 16.5. The van der Waals surface area contributed by atoms with Crippen molar-refractivity contribution in [3.63, 3.8) is 0 Å². The van der Waals surface area contributed by atoms with Gasteiger partial charge >= 0.3 is 0 Å². The number of hydrogen-bond acceptors (Lipinski definition) is 2. The molecule has 0 unspecified atom stereocenters. The predicted molar refractivity (Wildman–Crippen MR) is 67.5 cm³/mol. The SMILES string of the molecule is CN(C)CCO[C@H]1C[C@@H]2CC[C@]1(C)C2(C)C. The molecule has 2 aliphatic carbocycles. The largest absolute Gasteiger partial charge is 0.376 e. The lowest BCUT2D eigenvalue weighted by molar-refractivity contribution is -0.0495. The van der Waals surface area contributed by atoms with Crippen molar-refractivity contribution in [1.82, 2.24) is 4.90 Å². The topological polar surface area (TPSA) is 12.5 Å². The molecule has 0 radical (unpaired) electrons. The maximum atomic E-state index is 6.14.